The van der Waals surface area contributed by atoms with Gasteiger partial charge in [-0.15, -0.1) is 10.2 Å². The number of aryl methyl sites for hydroxylation is 2. The van der Waals surface area contributed by atoms with Gasteiger partial charge in [0, 0.05) is 44.6 Å². The minimum Gasteiger partial charge on any atom is -0.356 e. The van der Waals surface area contributed by atoms with Gasteiger partial charge >= 0.3 is 0 Å². The molecule has 0 bridgehead atoms. The molecule has 25 heavy (non-hydrogen) atoms. The Balaban J connectivity index is 1.59. The number of hydrogen-bond donors (Lipinski definition) is 2. The molecule has 1 heterocycles. The molecule has 2 aromatic rings. The Bertz CT molecular complexity index is 650. The summed E-state index contributed by atoms with van der Waals surface area (Å²) in [7, 11) is 1.80. The minimum absolute atomic E-state index is 0.793. The summed E-state index contributed by atoms with van der Waals surface area (Å²) < 4.78 is 2.07. The lowest BCUT2D eigenvalue weighted by atomic mass is 10.2. The molecule has 1 aromatic carbocycles. The van der Waals surface area contributed by atoms with Crippen molar-refractivity contribution in [1.29, 1.82) is 0 Å². The van der Waals surface area contributed by atoms with E-state index in [-0.39, 0.29) is 0 Å². The molecule has 0 fully saturated rings. The van der Waals surface area contributed by atoms with E-state index in [9.17, 15) is 0 Å². The highest BCUT2D eigenvalue weighted by atomic mass is 32.2. The van der Waals surface area contributed by atoms with E-state index in [1.165, 1.54) is 11.1 Å². The summed E-state index contributed by atoms with van der Waals surface area (Å²) >= 11 is 1.93. The molecule has 6 nitrogen and oxygen atoms in total. The molecule has 0 aliphatic heterocycles. The Morgan fingerprint density at radius 2 is 1.96 bits per heavy atom. The number of rotatable bonds is 9. The maximum Gasteiger partial charge on any atom is 0.191 e. The molecule has 136 valence electrons. The van der Waals surface area contributed by atoms with Crippen LogP contribution < -0.4 is 10.6 Å². The van der Waals surface area contributed by atoms with Gasteiger partial charge in [-0.1, -0.05) is 36.8 Å². The highest BCUT2D eigenvalue weighted by Gasteiger charge is 2.02. The summed E-state index contributed by atoms with van der Waals surface area (Å²) in [6.45, 7) is 6.72. The van der Waals surface area contributed by atoms with Gasteiger partial charge in [0.1, 0.15) is 12.2 Å². The molecular formula is C18H28N6S. The SMILES string of the molecule is CCc1nncn1CCNC(=NC)NCCSCc1ccc(C)cc1. The van der Waals surface area contributed by atoms with Crippen molar-refractivity contribution in [1.82, 2.24) is 25.4 Å². The lowest BCUT2D eigenvalue weighted by Gasteiger charge is -2.12. The molecule has 0 aliphatic rings. The number of hydrogen-bond acceptors (Lipinski definition) is 4. The second-order valence-electron chi connectivity index (χ2n) is 5.76. The van der Waals surface area contributed by atoms with E-state index in [2.05, 4.69) is 68.5 Å². The van der Waals surface area contributed by atoms with Crippen LogP contribution in [-0.4, -0.2) is 46.6 Å². The fraction of sp³-hybridized carbons (Fsp3) is 0.500. The molecule has 0 aliphatic carbocycles. The first-order valence-electron chi connectivity index (χ1n) is 8.67. The molecule has 0 unspecified atom stereocenters. The van der Waals surface area contributed by atoms with Gasteiger partial charge in [-0.05, 0) is 12.5 Å². The fourth-order valence-electron chi connectivity index (χ4n) is 2.37. The number of benzene rings is 1. The summed E-state index contributed by atoms with van der Waals surface area (Å²) in [6.07, 6.45) is 2.67. The fourth-order valence-corrected chi connectivity index (χ4v) is 3.19. The molecule has 0 saturated carbocycles. The Hall–Kier alpha value is -2.02. The van der Waals surface area contributed by atoms with E-state index >= 15 is 0 Å². The van der Waals surface area contributed by atoms with Gasteiger partial charge in [-0.2, -0.15) is 11.8 Å². The predicted octanol–water partition coefficient (Wildman–Crippen LogP) is 2.25. The third-order valence-electron chi connectivity index (χ3n) is 3.81. The first-order chi connectivity index (χ1) is 12.2. The Labute approximate surface area is 154 Å². The third-order valence-corrected chi connectivity index (χ3v) is 4.84. The van der Waals surface area contributed by atoms with Crippen molar-refractivity contribution in [3.63, 3.8) is 0 Å². The predicted molar refractivity (Wildman–Crippen MR) is 106 cm³/mol. The van der Waals surface area contributed by atoms with Crippen molar-refractivity contribution in [3.8, 4) is 0 Å². The normalized spacial score (nSPS) is 11.6. The number of nitrogens with one attached hydrogen (secondary N) is 2. The smallest absolute Gasteiger partial charge is 0.191 e. The molecule has 0 spiro atoms. The minimum atomic E-state index is 0.793. The van der Waals surface area contributed by atoms with Crippen LogP contribution in [0.2, 0.25) is 0 Å². The second kappa shape index (κ2) is 10.8. The Kier molecular flexibility index (Phi) is 8.31. The lowest BCUT2D eigenvalue weighted by molar-refractivity contribution is 0.634. The number of aliphatic imine (C=N–C) groups is 1. The van der Waals surface area contributed by atoms with E-state index in [4.69, 9.17) is 0 Å². The van der Waals surface area contributed by atoms with E-state index in [1.807, 2.05) is 11.8 Å². The van der Waals surface area contributed by atoms with E-state index in [1.54, 1.807) is 13.4 Å². The molecule has 2 N–H and O–H groups in total. The highest BCUT2D eigenvalue weighted by Crippen LogP contribution is 2.12. The van der Waals surface area contributed by atoms with Crippen LogP contribution in [-0.2, 0) is 18.7 Å². The van der Waals surface area contributed by atoms with Gasteiger partial charge in [0.05, 0.1) is 0 Å². The highest BCUT2D eigenvalue weighted by molar-refractivity contribution is 7.98. The maximum absolute atomic E-state index is 4.26. The van der Waals surface area contributed by atoms with Crippen LogP contribution >= 0.6 is 11.8 Å². The Morgan fingerprint density at radius 3 is 2.68 bits per heavy atom. The number of nitrogens with zero attached hydrogens (tertiary/aromatic N) is 4. The molecule has 0 radical (unpaired) electrons. The van der Waals surface area contributed by atoms with Crippen molar-refractivity contribution in [3.05, 3.63) is 47.5 Å². The van der Waals surface area contributed by atoms with Gasteiger partial charge in [0.15, 0.2) is 5.96 Å². The molecule has 0 saturated heterocycles. The van der Waals surface area contributed by atoms with Crippen molar-refractivity contribution >= 4 is 17.7 Å². The largest absolute Gasteiger partial charge is 0.356 e. The molecule has 0 atom stereocenters. The molecule has 7 heteroatoms. The van der Waals surface area contributed by atoms with Crippen LogP contribution in [0, 0.1) is 6.92 Å². The monoisotopic (exact) mass is 360 g/mol. The molecule has 0 amide bonds. The maximum atomic E-state index is 4.26. The van der Waals surface area contributed by atoms with Gasteiger partial charge < -0.3 is 15.2 Å². The molecule has 1 aromatic heterocycles. The van der Waals surface area contributed by atoms with Crippen LogP contribution in [0.4, 0.5) is 0 Å². The quantitative estimate of drug-likeness (QED) is 0.408. The molecule has 2 rings (SSSR count). The standard InChI is InChI=1S/C18H28N6S/c1-4-17-23-22-14-24(17)11-9-20-18(19-3)21-10-12-25-13-16-7-5-15(2)6-8-16/h5-8,14H,4,9-13H2,1-3H3,(H2,19,20,21). The zero-order chi connectivity index (χ0) is 17.9. The van der Waals surface area contributed by atoms with E-state index in [0.29, 0.717) is 0 Å². The average Bonchev–Trinajstić information content (AvgIpc) is 3.09. The van der Waals surface area contributed by atoms with Crippen molar-refractivity contribution in [2.75, 3.05) is 25.9 Å². The van der Waals surface area contributed by atoms with Gasteiger partial charge in [0.25, 0.3) is 0 Å². The summed E-state index contributed by atoms with van der Waals surface area (Å²) in [5, 5.41) is 14.7. The topological polar surface area (TPSA) is 67.1 Å². The first kappa shape index (κ1) is 19.3. The number of aromatic nitrogens is 3. The van der Waals surface area contributed by atoms with E-state index in [0.717, 1.165) is 49.3 Å². The van der Waals surface area contributed by atoms with Crippen LogP contribution in [0.1, 0.15) is 23.9 Å². The van der Waals surface area contributed by atoms with Gasteiger partial charge in [-0.25, -0.2) is 0 Å². The van der Waals surface area contributed by atoms with Gasteiger partial charge in [-0.3, -0.25) is 4.99 Å². The zero-order valence-electron chi connectivity index (χ0n) is 15.3. The Morgan fingerprint density at radius 1 is 1.20 bits per heavy atom. The number of thioether (sulfide) groups is 1. The van der Waals surface area contributed by atoms with Crippen molar-refractivity contribution in [2.45, 2.75) is 32.6 Å². The molecular weight excluding hydrogens is 332 g/mol. The van der Waals surface area contributed by atoms with Gasteiger partial charge in [0.2, 0.25) is 0 Å². The first-order valence-corrected chi connectivity index (χ1v) is 9.83. The second-order valence-corrected chi connectivity index (χ2v) is 6.86. The summed E-state index contributed by atoms with van der Waals surface area (Å²) in [5.74, 6) is 3.93. The van der Waals surface area contributed by atoms with Crippen molar-refractivity contribution in [2.24, 2.45) is 4.99 Å². The third kappa shape index (κ3) is 6.78. The zero-order valence-corrected chi connectivity index (χ0v) is 16.1. The summed E-state index contributed by atoms with van der Waals surface area (Å²) in [4.78, 5) is 4.26. The van der Waals surface area contributed by atoms with E-state index < -0.39 is 0 Å². The van der Waals surface area contributed by atoms with Crippen LogP contribution in [0.5, 0.6) is 0 Å². The van der Waals surface area contributed by atoms with Crippen LogP contribution in [0.3, 0.4) is 0 Å². The van der Waals surface area contributed by atoms with Crippen LogP contribution in [0.15, 0.2) is 35.6 Å². The summed E-state index contributed by atoms with van der Waals surface area (Å²) in [5.41, 5.74) is 2.68. The lowest BCUT2D eigenvalue weighted by Crippen LogP contribution is -2.39. The van der Waals surface area contributed by atoms with Crippen molar-refractivity contribution < 1.29 is 0 Å². The summed E-state index contributed by atoms with van der Waals surface area (Å²) in [6, 6.07) is 8.73. The average molecular weight is 361 g/mol. The number of guanidine groups is 1. The van der Waals surface area contributed by atoms with Crippen LogP contribution in [0.25, 0.3) is 0 Å².